The van der Waals surface area contributed by atoms with E-state index in [1.807, 2.05) is 0 Å². The van der Waals surface area contributed by atoms with E-state index in [2.05, 4.69) is 4.74 Å². The molecule has 0 aliphatic heterocycles. The normalized spacial score (nSPS) is 12.1. The molecule has 2 aromatic rings. The van der Waals surface area contributed by atoms with Crippen LogP contribution in [0.3, 0.4) is 0 Å². The zero-order valence-corrected chi connectivity index (χ0v) is 11.9. The number of ether oxygens (including phenoxy) is 2. The van der Waals surface area contributed by atoms with Gasteiger partial charge in [0.05, 0.1) is 5.69 Å². The van der Waals surface area contributed by atoms with Crippen LogP contribution in [0.5, 0.6) is 11.5 Å². The Kier molecular flexibility index (Phi) is 4.81. The van der Waals surface area contributed by atoms with Gasteiger partial charge in [-0.3, -0.25) is 0 Å². The van der Waals surface area contributed by atoms with Crippen LogP contribution in [-0.2, 0) is 0 Å². The molecule has 2 N–H and O–H groups in total. The van der Waals surface area contributed by atoms with Crippen molar-refractivity contribution in [2.24, 2.45) is 0 Å². The molecule has 0 aliphatic rings. The van der Waals surface area contributed by atoms with Crippen LogP contribution in [0.15, 0.2) is 42.5 Å². The van der Waals surface area contributed by atoms with E-state index in [0.717, 1.165) is 12.1 Å². The van der Waals surface area contributed by atoms with Crippen LogP contribution < -0.4 is 15.2 Å². The number of hydrogen-bond acceptors (Lipinski definition) is 3. The number of para-hydroxylation sites is 1. The van der Waals surface area contributed by atoms with Crippen LogP contribution in [-0.4, -0.2) is 19.1 Å². The van der Waals surface area contributed by atoms with E-state index in [-0.39, 0.29) is 17.0 Å². The van der Waals surface area contributed by atoms with Crippen molar-refractivity contribution in [1.29, 1.82) is 0 Å². The maximum atomic E-state index is 12.3. The highest BCUT2D eigenvalue weighted by Crippen LogP contribution is 2.37. The molecule has 0 heterocycles. The smallest absolute Gasteiger partial charge is 0.481 e. The molecule has 0 radical (unpaired) electrons. The van der Waals surface area contributed by atoms with E-state index in [1.54, 1.807) is 0 Å². The molecule has 0 aliphatic carbocycles. The van der Waals surface area contributed by atoms with Gasteiger partial charge in [-0.15, -0.1) is 13.2 Å². The fourth-order valence-electron chi connectivity index (χ4n) is 1.93. The average molecular weight is 351 g/mol. The SMILES string of the molecule is Nc1cccc(-c2ccc(OC(F)(F)F)cc2)c1OCC(F)(F)F. The van der Waals surface area contributed by atoms with Crippen molar-refractivity contribution in [3.63, 3.8) is 0 Å². The summed E-state index contributed by atoms with van der Waals surface area (Å²) in [4.78, 5) is 0. The summed E-state index contributed by atoms with van der Waals surface area (Å²) in [6.45, 7) is -1.54. The van der Waals surface area contributed by atoms with Crippen molar-refractivity contribution in [2.45, 2.75) is 12.5 Å². The molecule has 0 spiro atoms. The highest BCUT2D eigenvalue weighted by molar-refractivity contribution is 5.77. The van der Waals surface area contributed by atoms with E-state index in [1.165, 1.54) is 30.3 Å². The molecule has 0 fully saturated rings. The Hall–Kier alpha value is -2.58. The van der Waals surface area contributed by atoms with Crippen molar-refractivity contribution in [2.75, 3.05) is 12.3 Å². The summed E-state index contributed by atoms with van der Waals surface area (Å²) in [5.41, 5.74) is 6.16. The predicted octanol–water partition coefficient (Wildman–Crippen LogP) is 4.78. The van der Waals surface area contributed by atoms with Gasteiger partial charge in [0.1, 0.15) is 11.5 Å². The zero-order chi connectivity index (χ0) is 18.0. The van der Waals surface area contributed by atoms with Gasteiger partial charge in [-0.1, -0.05) is 24.3 Å². The van der Waals surface area contributed by atoms with E-state index < -0.39 is 24.9 Å². The van der Waals surface area contributed by atoms with Gasteiger partial charge in [0.25, 0.3) is 0 Å². The molecule has 0 saturated heterocycles. The molecule has 24 heavy (non-hydrogen) atoms. The summed E-state index contributed by atoms with van der Waals surface area (Å²) in [7, 11) is 0. The van der Waals surface area contributed by atoms with Crippen molar-refractivity contribution < 1.29 is 35.8 Å². The van der Waals surface area contributed by atoms with E-state index in [0.29, 0.717) is 5.56 Å². The van der Waals surface area contributed by atoms with Gasteiger partial charge in [0, 0.05) is 5.56 Å². The number of nitrogen functional groups attached to an aromatic ring is 1. The van der Waals surface area contributed by atoms with Crippen molar-refractivity contribution in [3.05, 3.63) is 42.5 Å². The third-order valence-electron chi connectivity index (χ3n) is 2.82. The molecule has 2 aromatic carbocycles. The predicted molar refractivity (Wildman–Crippen MR) is 74.5 cm³/mol. The number of rotatable bonds is 4. The fraction of sp³-hybridized carbons (Fsp3) is 0.200. The first kappa shape index (κ1) is 17.8. The van der Waals surface area contributed by atoms with Crippen LogP contribution in [0, 0.1) is 0 Å². The van der Waals surface area contributed by atoms with Gasteiger partial charge in [-0.05, 0) is 23.8 Å². The monoisotopic (exact) mass is 351 g/mol. The number of hydrogen-bond donors (Lipinski definition) is 1. The summed E-state index contributed by atoms with van der Waals surface area (Å²) >= 11 is 0. The molecule has 9 heteroatoms. The highest BCUT2D eigenvalue weighted by Gasteiger charge is 2.31. The third-order valence-corrected chi connectivity index (χ3v) is 2.82. The van der Waals surface area contributed by atoms with Gasteiger partial charge in [-0.25, -0.2) is 0 Å². The molecular weight excluding hydrogens is 340 g/mol. The fourth-order valence-corrected chi connectivity index (χ4v) is 1.93. The van der Waals surface area contributed by atoms with E-state index >= 15 is 0 Å². The van der Waals surface area contributed by atoms with E-state index in [4.69, 9.17) is 10.5 Å². The lowest BCUT2D eigenvalue weighted by molar-refractivity contribution is -0.274. The summed E-state index contributed by atoms with van der Waals surface area (Å²) in [5, 5.41) is 0. The molecule has 0 bridgehead atoms. The summed E-state index contributed by atoms with van der Waals surface area (Å²) in [6, 6.07) is 8.90. The minimum absolute atomic E-state index is 0.0210. The second kappa shape index (κ2) is 6.50. The van der Waals surface area contributed by atoms with Crippen LogP contribution in [0.25, 0.3) is 11.1 Å². The van der Waals surface area contributed by atoms with Gasteiger partial charge in [0.15, 0.2) is 6.61 Å². The Morgan fingerprint density at radius 3 is 2.04 bits per heavy atom. The van der Waals surface area contributed by atoms with Crippen molar-refractivity contribution >= 4 is 5.69 Å². The molecule has 0 amide bonds. The Morgan fingerprint density at radius 1 is 0.875 bits per heavy atom. The van der Waals surface area contributed by atoms with Gasteiger partial charge in [0.2, 0.25) is 0 Å². The summed E-state index contributed by atoms with van der Waals surface area (Å²) in [5.74, 6) is -0.646. The van der Waals surface area contributed by atoms with E-state index in [9.17, 15) is 26.3 Å². The first-order valence-electron chi connectivity index (χ1n) is 6.49. The molecule has 130 valence electrons. The number of alkyl halides is 6. The largest absolute Gasteiger partial charge is 0.573 e. The average Bonchev–Trinajstić information content (AvgIpc) is 2.44. The molecule has 3 nitrogen and oxygen atoms in total. The maximum Gasteiger partial charge on any atom is 0.573 e. The second-order valence-corrected chi connectivity index (χ2v) is 4.70. The lowest BCUT2D eigenvalue weighted by atomic mass is 10.0. The number of nitrogens with two attached hydrogens (primary N) is 1. The standard InChI is InChI=1S/C15H11F6NO2/c16-14(17,18)8-23-13-11(2-1-3-12(13)22)9-4-6-10(7-5-9)24-15(19,20)21/h1-7H,8,22H2. The lowest BCUT2D eigenvalue weighted by Crippen LogP contribution is -2.20. The Balaban J connectivity index is 2.30. The molecular formula is C15H11F6NO2. The number of anilines is 1. The highest BCUT2D eigenvalue weighted by atomic mass is 19.4. The van der Waals surface area contributed by atoms with Gasteiger partial charge >= 0.3 is 12.5 Å². The topological polar surface area (TPSA) is 44.5 Å². The quantitative estimate of drug-likeness (QED) is 0.637. The van der Waals surface area contributed by atoms with Crippen LogP contribution in [0.4, 0.5) is 32.0 Å². The van der Waals surface area contributed by atoms with Crippen LogP contribution in [0.1, 0.15) is 0 Å². The number of benzene rings is 2. The molecule has 0 aromatic heterocycles. The minimum atomic E-state index is -4.83. The second-order valence-electron chi connectivity index (χ2n) is 4.70. The minimum Gasteiger partial charge on any atom is -0.481 e. The molecule has 2 rings (SSSR count). The number of halogens is 6. The van der Waals surface area contributed by atoms with Gasteiger partial charge < -0.3 is 15.2 Å². The first-order chi connectivity index (χ1) is 11.1. The molecule has 0 atom stereocenters. The molecule has 0 saturated carbocycles. The summed E-state index contributed by atoms with van der Waals surface area (Å²) < 4.78 is 81.8. The maximum absolute atomic E-state index is 12.3. The van der Waals surface area contributed by atoms with Crippen LogP contribution >= 0.6 is 0 Å². The van der Waals surface area contributed by atoms with Crippen molar-refractivity contribution in [3.8, 4) is 22.6 Å². The van der Waals surface area contributed by atoms with Crippen molar-refractivity contribution in [1.82, 2.24) is 0 Å². The first-order valence-corrected chi connectivity index (χ1v) is 6.49. The Bertz CT molecular complexity index is 695. The Morgan fingerprint density at radius 2 is 1.50 bits per heavy atom. The molecule has 0 unspecified atom stereocenters. The van der Waals surface area contributed by atoms with Gasteiger partial charge in [-0.2, -0.15) is 13.2 Å². The zero-order valence-electron chi connectivity index (χ0n) is 11.9. The lowest BCUT2D eigenvalue weighted by Gasteiger charge is -2.16. The third kappa shape index (κ3) is 4.97. The van der Waals surface area contributed by atoms with Crippen LogP contribution in [0.2, 0.25) is 0 Å². The summed E-state index contributed by atoms with van der Waals surface area (Å²) in [6.07, 6.45) is -9.39. The Labute approximate surface area is 132 Å².